The molecular weight excluding hydrogens is 238 g/mol. The van der Waals surface area contributed by atoms with Crippen molar-refractivity contribution < 1.29 is 4.74 Å². The summed E-state index contributed by atoms with van der Waals surface area (Å²) in [6.45, 7) is 2.74. The molecule has 1 aliphatic rings. The zero-order valence-corrected chi connectivity index (χ0v) is 11.0. The largest absolute Gasteiger partial charge is 0.383 e. The van der Waals surface area contributed by atoms with Gasteiger partial charge in [0.05, 0.1) is 18.8 Å². The number of nitrogens with two attached hydrogens (primary N) is 1. The van der Waals surface area contributed by atoms with Crippen LogP contribution in [0.4, 0.5) is 0 Å². The molecule has 4 nitrogen and oxygen atoms in total. The van der Waals surface area contributed by atoms with Crippen LogP contribution in [-0.2, 0) is 4.74 Å². The fourth-order valence-corrected chi connectivity index (χ4v) is 2.19. The van der Waals surface area contributed by atoms with Gasteiger partial charge in [-0.25, -0.2) is 5.43 Å². The summed E-state index contributed by atoms with van der Waals surface area (Å²) in [5.41, 5.74) is 14.8. The number of benzene rings is 1. The highest BCUT2D eigenvalue weighted by molar-refractivity contribution is 5.85. The Morgan fingerprint density at radius 2 is 1.88 bits per heavy atom. The van der Waals surface area contributed by atoms with Gasteiger partial charge in [0.25, 0.3) is 0 Å². The number of nitrogens with one attached hydrogen (secondary N) is 2. The van der Waals surface area contributed by atoms with E-state index in [-0.39, 0.29) is 30.5 Å². The molecule has 0 radical (unpaired) electrons. The van der Waals surface area contributed by atoms with E-state index in [0.29, 0.717) is 6.61 Å². The van der Waals surface area contributed by atoms with Crippen molar-refractivity contribution in [3.05, 3.63) is 35.4 Å². The van der Waals surface area contributed by atoms with Gasteiger partial charge in [-0.05, 0) is 12.5 Å². The lowest BCUT2D eigenvalue weighted by Gasteiger charge is -2.20. The molecule has 1 aliphatic heterocycles. The fraction of sp³-hybridized carbons (Fsp3) is 0.500. The van der Waals surface area contributed by atoms with Crippen LogP contribution in [0.15, 0.2) is 24.3 Å². The van der Waals surface area contributed by atoms with Crippen LogP contribution in [0.25, 0.3) is 0 Å². The molecule has 0 aliphatic carbocycles. The summed E-state index contributed by atoms with van der Waals surface area (Å²) in [5, 5.41) is 0. The molecule has 1 heterocycles. The summed E-state index contributed by atoms with van der Waals surface area (Å²) >= 11 is 0. The van der Waals surface area contributed by atoms with E-state index in [1.807, 2.05) is 0 Å². The number of hydrogen-bond donors (Lipinski definition) is 3. The van der Waals surface area contributed by atoms with Gasteiger partial charge in [0.1, 0.15) is 0 Å². The first kappa shape index (κ1) is 14.4. The third-order valence-corrected chi connectivity index (χ3v) is 3.06. The Balaban J connectivity index is 0.00000144. The van der Waals surface area contributed by atoms with E-state index in [1.54, 1.807) is 7.11 Å². The lowest BCUT2D eigenvalue weighted by atomic mass is 9.91. The summed E-state index contributed by atoms with van der Waals surface area (Å²) in [6.07, 6.45) is -0.0668. The molecule has 5 heteroatoms. The third kappa shape index (κ3) is 3.18. The summed E-state index contributed by atoms with van der Waals surface area (Å²) in [5.74, 6) is 0.251. The Morgan fingerprint density at radius 1 is 1.24 bits per heavy atom. The molecule has 2 rings (SSSR count). The quantitative estimate of drug-likeness (QED) is 0.753. The number of halogens is 1. The lowest BCUT2D eigenvalue weighted by molar-refractivity contribution is 0.165. The Hall–Kier alpha value is -0.650. The molecule has 0 amide bonds. The Morgan fingerprint density at radius 3 is 2.47 bits per heavy atom. The Labute approximate surface area is 108 Å². The van der Waals surface area contributed by atoms with Crippen LogP contribution in [0, 0.1) is 6.92 Å². The monoisotopic (exact) mass is 257 g/mol. The number of hydrazine groups is 1. The minimum absolute atomic E-state index is 0. The second-order valence-corrected chi connectivity index (χ2v) is 4.31. The van der Waals surface area contributed by atoms with E-state index < -0.39 is 0 Å². The fourth-order valence-electron chi connectivity index (χ4n) is 2.19. The van der Waals surface area contributed by atoms with E-state index in [9.17, 15) is 0 Å². The van der Waals surface area contributed by atoms with Crippen molar-refractivity contribution in [3.8, 4) is 0 Å². The highest BCUT2D eigenvalue weighted by Gasteiger charge is 2.34. The van der Waals surface area contributed by atoms with Gasteiger partial charge in [0.2, 0.25) is 0 Å². The molecule has 1 aromatic carbocycles. The van der Waals surface area contributed by atoms with Gasteiger partial charge >= 0.3 is 0 Å². The zero-order valence-electron chi connectivity index (χ0n) is 10.1. The van der Waals surface area contributed by atoms with Crippen molar-refractivity contribution in [1.82, 2.24) is 10.9 Å². The topological polar surface area (TPSA) is 59.3 Å². The van der Waals surface area contributed by atoms with E-state index >= 15 is 0 Å². The van der Waals surface area contributed by atoms with Crippen molar-refractivity contribution >= 4 is 12.4 Å². The van der Waals surface area contributed by atoms with E-state index in [4.69, 9.17) is 10.5 Å². The van der Waals surface area contributed by atoms with Gasteiger partial charge in [-0.3, -0.25) is 5.43 Å². The second-order valence-electron chi connectivity index (χ2n) is 4.31. The average Bonchev–Trinajstić information content (AvgIpc) is 2.62. The number of hydrogen-bond acceptors (Lipinski definition) is 4. The minimum atomic E-state index is -0.0668. The smallest absolute Gasteiger partial charge is 0.0765 e. The normalized spacial score (nSPS) is 27.8. The van der Waals surface area contributed by atoms with Crippen LogP contribution in [0.3, 0.4) is 0 Å². The lowest BCUT2D eigenvalue weighted by Crippen LogP contribution is -2.38. The van der Waals surface area contributed by atoms with Crippen molar-refractivity contribution in [1.29, 1.82) is 0 Å². The van der Waals surface area contributed by atoms with E-state index in [1.165, 1.54) is 11.1 Å². The van der Waals surface area contributed by atoms with Crippen LogP contribution < -0.4 is 16.6 Å². The van der Waals surface area contributed by atoms with Crippen LogP contribution in [0.2, 0.25) is 0 Å². The predicted molar refractivity (Wildman–Crippen MR) is 71.1 cm³/mol. The molecule has 1 saturated heterocycles. The Kier molecular flexibility index (Phi) is 5.36. The zero-order chi connectivity index (χ0) is 11.5. The van der Waals surface area contributed by atoms with Gasteiger partial charge in [0.15, 0.2) is 0 Å². The SMILES string of the molecule is COCC1NNC(N)C1c1ccc(C)cc1.Cl. The molecule has 1 fully saturated rings. The Bertz CT molecular complexity index is 342. The molecule has 0 spiro atoms. The maximum absolute atomic E-state index is 6.04. The van der Waals surface area contributed by atoms with Crippen LogP contribution in [0.5, 0.6) is 0 Å². The third-order valence-electron chi connectivity index (χ3n) is 3.06. The standard InChI is InChI=1S/C12H19N3O.ClH/c1-8-3-5-9(6-4-8)11-10(7-16-2)14-15-12(11)13;/h3-6,10-12,14-15H,7,13H2,1-2H3;1H. The first-order chi connectivity index (χ1) is 7.72. The molecule has 0 aromatic heterocycles. The number of methoxy groups -OCH3 is 1. The van der Waals surface area contributed by atoms with Crippen LogP contribution >= 0.6 is 12.4 Å². The summed E-state index contributed by atoms with van der Waals surface area (Å²) < 4.78 is 5.19. The molecular formula is C12H20ClN3O. The molecule has 96 valence electrons. The van der Waals surface area contributed by atoms with Crippen LogP contribution in [0.1, 0.15) is 17.0 Å². The van der Waals surface area contributed by atoms with Gasteiger partial charge in [0, 0.05) is 13.0 Å². The molecule has 0 bridgehead atoms. The van der Waals surface area contributed by atoms with Crippen molar-refractivity contribution in [3.63, 3.8) is 0 Å². The summed E-state index contributed by atoms with van der Waals surface area (Å²) in [7, 11) is 1.71. The first-order valence-corrected chi connectivity index (χ1v) is 5.54. The minimum Gasteiger partial charge on any atom is -0.383 e. The van der Waals surface area contributed by atoms with Gasteiger partial charge in [-0.1, -0.05) is 29.8 Å². The average molecular weight is 258 g/mol. The number of rotatable bonds is 3. The molecule has 1 aromatic rings. The molecule has 4 N–H and O–H groups in total. The maximum atomic E-state index is 6.04. The molecule has 3 unspecified atom stereocenters. The highest BCUT2D eigenvalue weighted by Crippen LogP contribution is 2.25. The first-order valence-electron chi connectivity index (χ1n) is 5.54. The highest BCUT2D eigenvalue weighted by atomic mass is 35.5. The van der Waals surface area contributed by atoms with E-state index in [0.717, 1.165) is 0 Å². The van der Waals surface area contributed by atoms with E-state index in [2.05, 4.69) is 42.0 Å². The molecule has 17 heavy (non-hydrogen) atoms. The van der Waals surface area contributed by atoms with Crippen molar-refractivity contribution in [2.24, 2.45) is 5.73 Å². The van der Waals surface area contributed by atoms with Crippen molar-refractivity contribution in [2.45, 2.75) is 25.0 Å². The molecule has 0 saturated carbocycles. The second kappa shape index (κ2) is 6.33. The number of aryl methyl sites for hydroxylation is 1. The summed E-state index contributed by atoms with van der Waals surface area (Å²) in [6, 6.07) is 8.73. The maximum Gasteiger partial charge on any atom is 0.0765 e. The number of ether oxygens (including phenoxy) is 1. The van der Waals surface area contributed by atoms with Gasteiger partial charge in [-0.2, -0.15) is 0 Å². The predicted octanol–water partition coefficient (Wildman–Crippen LogP) is 0.908. The van der Waals surface area contributed by atoms with Gasteiger partial charge in [-0.15, -0.1) is 12.4 Å². The van der Waals surface area contributed by atoms with Crippen molar-refractivity contribution in [2.75, 3.05) is 13.7 Å². The molecule has 3 atom stereocenters. The van der Waals surface area contributed by atoms with Gasteiger partial charge < -0.3 is 10.5 Å². The summed E-state index contributed by atoms with van der Waals surface area (Å²) in [4.78, 5) is 0. The van der Waals surface area contributed by atoms with Crippen LogP contribution in [-0.4, -0.2) is 25.9 Å².